The van der Waals surface area contributed by atoms with Crippen LogP contribution in [0.3, 0.4) is 0 Å². The fraction of sp³-hybridized carbons (Fsp3) is 0.154. The summed E-state index contributed by atoms with van der Waals surface area (Å²) in [6.07, 6.45) is 7.84. The molecule has 1 heterocycles. The van der Waals surface area contributed by atoms with Gasteiger partial charge in [-0.1, -0.05) is 36.4 Å². The quantitative estimate of drug-likeness (QED) is 0.420. The molecular formula is C26H25NO4. The topological polar surface area (TPSA) is 68.5 Å². The SMILES string of the molecule is CC(C)(C)OC(=O)C=Cc1ccc(-n2cccc2-c2ccc(C=CC(=O)O)cc2)cc1. The van der Waals surface area contributed by atoms with E-state index >= 15 is 0 Å². The number of ether oxygens (including phenoxy) is 1. The number of carbonyl (C=O) groups excluding carboxylic acids is 1. The molecular weight excluding hydrogens is 390 g/mol. The molecule has 0 amide bonds. The monoisotopic (exact) mass is 415 g/mol. The van der Waals surface area contributed by atoms with E-state index in [1.54, 1.807) is 12.2 Å². The van der Waals surface area contributed by atoms with Gasteiger partial charge < -0.3 is 14.4 Å². The third-order valence-electron chi connectivity index (χ3n) is 4.36. The van der Waals surface area contributed by atoms with Crippen molar-refractivity contribution in [3.8, 4) is 16.9 Å². The van der Waals surface area contributed by atoms with Gasteiger partial charge >= 0.3 is 11.9 Å². The van der Waals surface area contributed by atoms with E-state index in [4.69, 9.17) is 9.84 Å². The zero-order chi connectivity index (χ0) is 22.4. The Hall–Kier alpha value is -3.86. The highest BCUT2D eigenvalue weighted by atomic mass is 16.6. The van der Waals surface area contributed by atoms with E-state index in [1.807, 2.05) is 87.6 Å². The van der Waals surface area contributed by atoms with Crippen molar-refractivity contribution in [2.45, 2.75) is 26.4 Å². The molecule has 0 spiro atoms. The van der Waals surface area contributed by atoms with Crippen molar-refractivity contribution in [3.05, 3.63) is 90.1 Å². The number of nitrogens with zero attached hydrogens (tertiary/aromatic N) is 1. The first-order valence-corrected chi connectivity index (χ1v) is 9.91. The number of carboxylic acids is 1. The number of rotatable bonds is 6. The number of esters is 1. The smallest absolute Gasteiger partial charge is 0.331 e. The van der Waals surface area contributed by atoms with Crippen molar-refractivity contribution < 1.29 is 19.4 Å². The van der Waals surface area contributed by atoms with Gasteiger partial charge in [-0.2, -0.15) is 0 Å². The standard InChI is InChI=1S/C26H25NO4/c1-26(2,3)31-25(30)17-11-20-8-14-22(15-9-20)27-18-4-5-23(27)21-12-6-19(7-13-21)10-16-24(28)29/h4-18H,1-3H3,(H,28,29). The minimum absolute atomic E-state index is 0.370. The van der Waals surface area contributed by atoms with Crippen molar-refractivity contribution in [1.82, 2.24) is 4.57 Å². The van der Waals surface area contributed by atoms with Crippen LogP contribution < -0.4 is 0 Å². The highest BCUT2D eigenvalue weighted by molar-refractivity contribution is 5.87. The van der Waals surface area contributed by atoms with Gasteiger partial charge in [0.25, 0.3) is 0 Å². The summed E-state index contributed by atoms with van der Waals surface area (Å²) < 4.78 is 7.35. The molecule has 0 saturated carbocycles. The lowest BCUT2D eigenvalue weighted by Crippen LogP contribution is -2.22. The van der Waals surface area contributed by atoms with Crippen LogP contribution >= 0.6 is 0 Å². The Balaban J connectivity index is 1.76. The van der Waals surface area contributed by atoms with Crippen molar-refractivity contribution in [3.63, 3.8) is 0 Å². The molecule has 3 rings (SSSR count). The first-order chi connectivity index (χ1) is 14.7. The molecule has 0 atom stereocenters. The largest absolute Gasteiger partial charge is 0.478 e. The van der Waals surface area contributed by atoms with Crippen LogP contribution in [0.1, 0.15) is 31.9 Å². The molecule has 0 bridgehead atoms. The number of hydrogen-bond acceptors (Lipinski definition) is 3. The van der Waals surface area contributed by atoms with Gasteiger partial charge in [0.15, 0.2) is 0 Å². The number of hydrogen-bond donors (Lipinski definition) is 1. The molecule has 0 radical (unpaired) electrons. The normalized spacial score (nSPS) is 11.8. The summed E-state index contributed by atoms with van der Waals surface area (Å²) in [5.74, 6) is -1.34. The maximum absolute atomic E-state index is 11.8. The Morgan fingerprint density at radius 1 is 0.871 bits per heavy atom. The van der Waals surface area contributed by atoms with Crippen LogP contribution in [-0.2, 0) is 14.3 Å². The van der Waals surface area contributed by atoms with E-state index in [2.05, 4.69) is 4.57 Å². The Kier molecular flexibility index (Phi) is 6.55. The van der Waals surface area contributed by atoms with E-state index in [0.717, 1.165) is 34.1 Å². The Morgan fingerprint density at radius 2 is 1.45 bits per heavy atom. The van der Waals surface area contributed by atoms with Gasteiger partial charge in [-0.3, -0.25) is 0 Å². The highest BCUT2D eigenvalue weighted by Crippen LogP contribution is 2.25. The molecule has 0 aliphatic carbocycles. The number of carbonyl (C=O) groups is 2. The fourth-order valence-electron chi connectivity index (χ4n) is 3.02. The second-order valence-electron chi connectivity index (χ2n) is 8.02. The Bertz CT molecular complexity index is 1110. The van der Waals surface area contributed by atoms with Crippen molar-refractivity contribution in [2.75, 3.05) is 0 Å². The van der Waals surface area contributed by atoms with Crippen LogP contribution in [0.4, 0.5) is 0 Å². The molecule has 1 aromatic heterocycles. The van der Waals surface area contributed by atoms with Gasteiger partial charge in [0.05, 0.1) is 5.69 Å². The van der Waals surface area contributed by atoms with Gasteiger partial charge in [-0.15, -0.1) is 0 Å². The third kappa shape index (κ3) is 6.31. The summed E-state index contributed by atoms with van der Waals surface area (Å²) in [5.41, 5.74) is 4.24. The van der Waals surface area contributed by atoms with Gasteiger partial charge in [0, 0.05) is 24.0 Å². The van der Waals surface area contributed by atoms with E-state index in [-0.39, 0.29) is 5.97 Å². The van der Waals surface area contributed by atoms with E-state index in [0.29, 0.717) is 0 Å². The first kappa shape index (κ1) is 21.8. The minimum Gasteiger partial charge on any atom is -0.478 e. The van der Waals surface area contributed by atoms with Crippen molar-refractivity contribution in [2.24, 2.45) is 0 Å². The van der Waals surface area contributed by atoms with Crippen molar-refractivity contribution >= 4 is 24.1 Å². The summed E-state index contributed by atoms with van der Waals surface area (Å²) in [7, 11) is 0. The minimum atomic E-state index is -0.970. The molecule has 31 heavy (non-hydrogen) atoms. The molecule has 3 aromatic rings. The number of benzene rings is 2. The second kappa shape index (κ2) is 9.30. The molecule has 2 aromatic carbocycles. The summed E-state index contributed by atoms with van der Waals surface area (Å²) in [6, 6.07) is 19.6. The molecule has 5 heteroatoms. The van der Waals surface area contributed by atoms with Crippen molar-refractivity contribution in [1.29, 1.82) is 0 Å². The average molecular weight is 415 g/mol. The fourth-order valence-corrected chi connectivity index (χ4v) is 3.02. The molecule has 0 unspecified atom stereocenters. The Morgan fingerprint density at radius 3 is 2.03 bits per heavy atom. The number of carboxylic acid groups (broad SMARTS) is 1. The van der Waals surface area contributed by atoms with E-state index < -0.39 is 11.6 Å². The van der Waals surface area contributed by atoms with Crippen LogP contribution in [-0.4, -0.2) is 27.2 Å². The summed E-state index contributed by atoms with van der Waals surface area (Å²) in [5, 5.41) is 8.75. The predicted octanol–water partition coefficient (Wildman–Crippen LogP) is 5.60. The summed E-state index contributed by atoms with van der Waals surface area (Å²) in [4.78, 5) is 22.5. The summed E-state index contributed by atoms with van der Waals surface area (Å²) >= 11 is 0. The van der Waals surface area contributed by atoms with Gasteiger partial charge in [-0.05, 0) is 73.9 Å². The van der Waals surface area contributed by atoms with Crippen LogP contribution in [0.2, 0.25) is 0 Å². The first-order valence-electron chi connectivity index (χ1n) is 9.91. The molecule has 1 N–H and O–H groups in total. The molecule has 5 nitrogen and oxygen atoms in total. The van der Waals surface area contributed by atoms with Gasteiger partial charge in [-0.25, -0.2) is 9.59 Å². The van der Waals surface area contributed by atoms with Crippen LogP contribution in [0.25, 0.3) is 29.1 Å². The molecule has 0 aliphatic heterocycles. The van der Waals surface area contributed by atoms with Gasteiger partial charge in [0.1, 0.15) is 5.60 Å². The van der Waals surface area contributed by atoms with E-state index in [1.165, 1.54) is 6.08 Å². The maximum atomic E-state index is 11.8. The van der Waals surface area contributed by atoms with E-state index in [9.17, 15) is 9.59 Å². The predicted molar refractivity (Wildman–Crippen MR) is 123 cm³/mol. The third-order valence-corrected chi connectivity index (χ3v) is 4.36. The lowest BCUT2D eigenvalue weighted by atomic mass is 10.1. The number of aliphatic carboxylic acids is 1. The second-order valence-corrected chi connectivity index (χ2v) is 8.02. The zero-order valence-corrected chi connectivity index (χ0v) is 17.8. The average Bonchev–Trinajstić information content (AvgIpc) is 3.20. The molecule has 0 aliphatic rings. The van der Waals surface area contributed by atoms with Gasteiger partial charge in [0.2, 0.25) is 0 Å². The zero-order valence-electron chi connectivity index (χ0n) is 17.8. The maximum Gasteiger partial charge on any atom is 0.331 e. The number of aromatic nitrogens is 1. The molecule has 158 valence electrons. The van der Waals surface area contributed by atoms with Crippen LogP contribution in [0.15, 0.2) is 79.0 Å². The molecule has 0 saturated heterocycles. The highest BCUT2D eigenvalue weighted by Gasteiger charge is 2.13. The van der Waals surface area contributed by atoms with Crippen LogP contribution in [0.5, 0.6) is 0 Å². The van der Waals surface area contributed by atoms with Crippen LogP contribution in [0, 0.1) is 0 Å². The molecule has 0 fully saturated rings. The summed E-state index contributed by atoms with van der Waals surface area (Å²) in [6.45, 7) is 5.51. The Labute approximate surface area is 181 Å². The lowest BCUT2D eigenvalue weighted by molar-refractivity contribution is -0.148. The lowest BCUT2D eigenvalue weighted by Gasteiger charge is -2.17.